The van der Waals surface area contributed by atoms with Gasteiger partial charge in [0.1, 0.15) is 0 Å². The number of hydrogen-bond donors (Lipinski definition) is 1. The predicted octanol–water partition coefficient (Wildman–Crippen LogP) is 2.97. The monoisotopic (exact) mass is 302 g/mol. The number of nitrogens with one attached hydrogen (secondary N) is 1. The molecule has 1 heterocycles. The first kappa shape index (κ1) is 15.1. The van der Waals surface area contributed by atoms with Crippen LogP contribution in [0.3, 0.4) is 0 Å². The molecular formula is C14H20Cl2N2O. The van der Waals surface area contributed by atoms with Gasteiger partial charge in [-0.15, -0.1) is 0 Å². The molecule has 0 saturated carbocycles. The number of nitrogens with zero attached hydrogens (tertiary/aromatic N) is 1. The third-order valence-corrected chi connectivity index (χ3v) is 4.46. The first-order valence-electron chi connectivity index (χ1n) is 6.62. The maximum atomic E-state index is 6.32. The molecule has 1 saturated heterocycles. The van der Waals surface area contributed by atoms with Crippen molar-refractivity contribution in [3.8, 4) is 0 Å². The zero-order valence-corrected chi connectivity index (χ0v) is 12.8. The normalized spacial score (nSPS) is 22.4. The first-order chi connectivity index (χ1) is 9.17. The molecular weight excluding hydrogens is 283 g/mol. The Morgan fingerprint density at radius 3 is 2.95 bits per heavy atom. The summed E-state index contributed by atoms with van der Waals surface area (Å²) in [5.41, 5.74) is 1.000. The molecule has 3 nitrogen and oxygen atoms in total. The molecule has 1 fully saturated rings. The van der Waals surface area contributed by atoms with Crippen LogP contribution in [0.15, 0.2) is 18.2 Å². The molecule has 0 radical (unpaired) electrons. The molecule has 106 valence electrons. The Labute approximate surface area is 124 Å². The average Bonchev–Trinajstić information content (AvgIpc) is 2.44. The van der Waals surface area contributed by atoms with E-state index in [1.165, 1.54) is 0 Å². The zero-order chi connectivity index (χ0) is 13.8. The van der Waals surface area contributed by atoms with Gasteiger partial charge in [-0.25, -0.2) is 0 Å². The second kappa shape index (κ2) is 6.91. The van der Waals surface area contributed by atoms with E-state index in [4.69, 9.17) is 27.9 Å². The van der Waals surface area contributed by atoms with Gasteiger partial charge in [0.05, 0.1) is 28.8 Å². The standard InChI is InChI=1S/C14H20Cl2N2O/c1-3-18-7-8-19-12(9-18)14(17-2)10-5-4-6-11(15)13(10)16/h4-6,12,14,17H,3,7-9H2,1-2H3. The Bertz CT molecular complexity index is 428. The van der Waals surface area contributed by atoms with E-state index in [2.05, 4.69) is 17.1 Å². The molecule has 1 aromatic carbocycles. The van der Waals surface area contributed by atoms with Crippen molar-refractivity contribution in [2.45, 2.75) is 19.1 Å². The fourth-order valence-electron chi connectivity index (χ4n) is 2.52. The smallest absolute Gasteiger partial charge is 0.0897 e. The summed E-state index contributed by atoms with van der Waals surface area (Å²) in [7, 11) is 1.93. The van der Waals surface area contributed by atoms with E-state index in [-0.39, 0.29) is 12.1 Å². The maximum Gasteiger partial charge on any atom is 0.0897 e. The molecule has 0 aromatic heterocycles. The number of ether oxygens (including phenoxy) is 1. The first-order valence-corrected chi connectivity index (χ1v) is 7.38. The molecule has 2 rings (SSSR count). The van der Waals surface area contributed by atoms with Gasteiger partial charge in [-0.1, -0.05) is 42.3 Å². The van der Waals surface area contributed by atoms with E-state index in [9.17, 15) is 0 Å². The lowest BCUT2D eigenvalue weighted by molar-refractivity contribution is -0.0444. The highest BCUT2D eigenvalue weighted by atomic mass is 35.5. The summed E-state index contributed by atoms with van der Waals surface area (Å²) in [6, 6.07) is 5.79. The van der Waals surface area contributed by atoms with Gasteiger partial charge in [0.25, 0.3) is 0 Å². The Balaban J connectivity index is 2.21. The molecule has 1 aromatic rings. The largest absolute Gasteiger partial charge is 0.374 e. The second-order valence-electron chi connectivity index (χ2n) is 4.71. The van der Waals surface area contributed by atoms with Crippen molar-refractivity contribution in [3.63, 3.8) is 0 Å². The van der Waals surface area contributed by atoms with Gasteiger partial charge in [0.2, 0.25) is 0 Å². The van der Waals surface area contributed by atoms with Gasteiger partial charge < -0.3 is 10.1 Å². The predicted molar refractivity (Wildman–Crippen MR) is 80.1 cm³/mol. The molecule has 0 bridgehead atoms. The van der Waals surface area contributed by atoms with Crippen LogP contribution in [0.2, 0.25) is 10.0 Å². The minimum atomic E-state index is 0.0561. The van der Waals surface area contributed by atoms with E-state index in [0.29, 0.717) is 10.0 Å². The van der Waals surface area contributed by atoms with Gasteiger partial charge in [0.15, 0.2) is 0 Å². The van der Waals surface area contributed by atoms with Gasteiger partial charge in [-0.3, -0.25) is 4.90 Å². The van der Waals surface area contributed by atoms with Gasteiger partial charge in [0, 0.05) is 13.1 Å². The Hall–Kier alpha value is -0.320. The highest BCUT2D eigenvalue weighted by molar-refractivity contribution is 6.42. The molecule has 2 atom stereocenters. The third kappa shape index (κ3) is 3.41. The van der Waals surface area contributed by atoms with E-state index < -0.39 is 0 Å². The fourth-order valence-corrected chi connectivity index (χ4v) is 2.95. The van der Waals surface area contributed by atoms with Crippen molar-refractivity contribution in [1.82, 2.24) is 10.2 Å². The summed E-state index contributed by atoms with van der Waals surface area (Å²) in [6.45, 7) is 5.87. The van der Waals surface area contributed by atoms with Crippen LogP contribution in [-0.4, -0.2) is 44.3 Å². The van der Waals surface area contributed by atoms with Gasteiger partial charge in [-0.2, -0.15) is 0 Å². The summed E-state index contributed by atoms with van der Waals surface area (Å²) in [6.07, 6.45) is 0.0923. The molecule has 5 heteroatoms. The lowest BCUT2D eigenvalue weighted by atomic mass is 10.00. The lowest BCUT2D eigenvalue weighted by Gasteiger charge is -2.36. The number of benzene rings is 1. The number of rotatable bonds is 4. The number of halogens is 2. The number of morpholine rings is 1. The number of hydrogen-bond acceptors (Lipinski definition) is 3. The zero-order valence-electron chi connectivity index (χ0n) is 11.3. The second-order valence-corrected chi connectivity index (χ2v) is 5.50. The van der Waals surface area contributed by atoms with Crippen LogP contribution in [0.4, 0.5) is 0 Å². The Kier molecular flexibility index (Phi) is 5.48. The molecule has 1 N–H and O–H groups in total. The van der Waals surface area contributed by atoms with E-state index in [1.807, 2.05) is 19.2 Å². The SMILES string of the molecule is CCN1CCOC(C(NC)c2cccc(Cl)c2Cl)C1. The van der Waals surface area contributed by atoms with Crippen molar-refractivity contribution in [3.05, 3.63) is 33.8 Å². The van der Waals surface area contributed by atoms with Crippen LogP contribution in [0.25, 0.3) is 0 Å². The highest BCUT2D eigenvalue weighted by Gasteiger charge is 2.29. The summed E-state index contributed by atoms with van der Waals surface area (Å²) in [5, 5.41) is 4.50. The summed E-state index contributed by atoms with van der Waals surface area (Å²) >= 11 is 12.4. The maximum absolute atomic E-state index is 6.32. The van der Waals surface area contributed by atoms with Crippen LogP contribution in [0.5, 0.6) is 0 Å². The minimum absolute atomic E-state index is 0.0561. The molecule has 0 amide bonds. The summed E-state index contributed by atoms with van der Waals surface area (Å²) < 4.78 is 5.91. The quantitative estimate of drug-likeness (QED) is 0.925. The molecule has 1 aliphatic heterocycles. The lowest BCUT2D eigenvalue weighted by Crippen LogP contribution is -2.47. The Morgan fingerprint density at radius 1 is 1.47 bits per heavy atom. The van der Waals surface area contributed by atoms with Crippen LogP contribution in [0, 0.1) is 0 Å². The topological polar surface area (TPSA) is 24.5 Å². The summed E-state index contributed by atoms with van der Waals surface area (Å²) in [4.78, 5) is 2.39. The molecule has 0 aliphatic carbocycles. The highest BCUT2D eigenvalue weighted by Crippen LogP contribution is 2.32. The van der Waals surface area contributed by atoms with Crippen LogP contribution >= 0.6 is 23.2 Å². The molecule has 19 heavy (non-hydrogen) atoms. The van der Waals surface area contributed by atoms with Crippen molar-refractivity contribution in [1.29, 1.82) is 0 Å². The van der Waals surface area contributed by atoms with E-state index in [0.717, 1.165) is 31.8 Å². The summed E-state index contributed by atoms with van der Waals surface area (Å²) in [5.74, 6) is 0. The van der Waals surface area contributed by atoms with Crippen LogP contribution in [-0.2, 0) is 4.74 Å². The Morgan fingerprint density at radius 2 is 2.26 bits per heavy atom. The molecule has 0 spiro atoms. The van der Waals surface area contributed by atoms with Gasteiger partial charge >= 0.3 is 0 Å². The van der Waals surface area contributed by atoms with E-state index >= 15 is 0 Å². The molecule has 2 unspecified atom stereocenters. The minimum Gasteiger partial charge on any atom is -0.374 e. The molecule has 1 aliphatic rings. The average molecular weight is 303 g/mol. The third-order valence-electron chi connectivity index (χ3n) is 3.62. The number of likely N-dealkylation sites (N-methyl/N-ethyl adjacent to an activating group) is 2. The van der Waals surface area contributed by atoms with Crippen molar-refractivity contribution in [2.75, 3.05) is 33.3 Å². The van der Waals surface area contributed by atoms with Crippen molar-refractivity contribution < 1.29 is 4.74 Å². The fraction of sp³-hybridized carbons (Fsp3) is 0.571. The van der Waals surface area contributed by atoms with Crippen LogP contribution < -0.4 is 5.32 Å². The van der Waals surface area contributed by atoms with Crippen molar-refractivity contribution >= 4 is 23.2 Å². The van der Waals surface area contributed by atoms with E-state index in [1.54, 1.807) is 6.07 Å². The van der Waals surface area contributed by atoms with Gasteiger partial charge in [-0.05, 0) is 25.2 Å². The van der Waals surface area contributed by atoms with Crippen LogP contribution in [0.1, 0.15) is 18.5 Å². The van der Waals surface area contributed by atoms with Crippen molar-refractivity contribution in [2.24, 2.45) is 0 Å².